The van der Waals surface area contributed by atoms with Crippen molar-refractivity contribution in [2.75, 3.05) is 39.0 Å². The van der Waals surface area contributed by atoms with Crippen molar-refractivity contribution in [3.8, 4) is 17.6 Å². The van der Waals surface area contributed by atoms with Crippen molar-refractivity contribution in [2.45, 2.75) is 25.7 Å². The third-order valence-electron chi connectivity index (χ3n) is 4.89. The Hall–Kier alpha value is -2.49. The van der Waals surface area contributed by atoms with Gasteiger partial charge in [0.25, 0.3) is 10.1 Å². The fraction of sp³-hybridized carbons (Fsp3) is 0.409. The monoisotopic (exact) mass is 495 g/mol. The maximum atomic E-state index is 13.3. The van der Waals surface area contributed by atoms with Crippen LogP contribution in [0.2, 0.25) is 0 Å². The minimum Gasteiger partial charge on any atom is -0.456 e. The highest BCUT2D eigenvalue weighted by Crippen LogP contribution is 2.33. The van der Waals surface area contributed by atoms with E-state index >= 15 is 0 Å². The van der Waals surface area contributed by atoms with Crippen LogP contribution in [0.15, 0.2) is 41.3 Å². The highest BCUT2D eigenvalue weighted by Gasteiger charge is 2.31. The lowest BCUT2D eigenvalue weighted by Crippen LogP contribution is -2.48. The molecule has 0 spiro atoms. The Morgan fingerprint density at radius 1 is 1.00 bits per heavy atom. The van der Waals surface area contributed by atoms with Gasteiger partial charge in [-0.2, -0.15) is 18.0 Å². The maximum Gasteiger partial charge on any atom is 0.261 e. The topological polar surface area (TPSA) is 128 Å². The Morgan fingerprint density at radius 3 is 2.03 bits per heavy atom. The fourth-order valence-electron chi connectivity index (χ4n) is 3.41. The van der Waals surface area contributed by atoms with E-state index in [1.807, 2.05) is 38.1 Å². The van der Waals surface area contributed by atoms with Crippen LogP contribution in [-0.2, 0) is 20.1 Å². The van der Waals surface area contributed by atoms with Crippen LogP contribution in [-0.4, -0.2) is 69.6 Å². The molecule has 33 heavy (non-hydrogen) atoms. The number of hydrogen-bond donors (Lipinski definition) is 1. The number of rotatable bonds is 5. The van der Waals surface area contributed by atoms with Crippen LogP contribution in [0.5, 0.6) is 11.5 Å². The van der Waals surface area contributed by atoms with E-state index in [-0.39, 0.29) is 10.6 Å². The van der Waals surface area contributed by atoms with Crippen molar-refractivity contribution in [2.24, 2.45) is 0 Å². The molecule has 1 fully saturated rings. The van der Waals surface area contributed by atoms with Crippen molar-refractivity contribution in [1.29, 1.82) is 5.26 Å². The molecule has 1 aliphatic heterocycles. The number of hydrogen-bond acceptors (Lipinski definition) is 7. The zero-order valence-electron chi connectivity index (χ0n) is 19.1. The lowest BCUT2D eigenvalue weighted by atomic mass is 10.1. The van der Waals surface area contributed by atoms with E-state index in [1.54, 1.807) is 12.1 Å². The van der Waals surface area contributed by atoms with E-state index in [4.69, 9.17) is 9.29 Å². The zero-order chi connectivity index (χ0) is 24.8. The molecule has 1 heterocycles. The van der Waals surface area contributed by atoms with Gasteiger partial charge in [-0.05, 0) is 61.9 Å². The molecule has 0 aliphatic carbocycles. The van der Waals surface area contributed by atoms with Crippen molar-refractivity contribution in [3.05, 3.63) is 53.1 Å². The number of nitrogens with zero attached hydrogens (tertiary/aromatic N) is 3. The molecule has 0 amide bonds. The SMILES string of the molecule is CCN1CCN(S(=O)(=O)c2cc(C#N)ccc2Oc2cc(C)cc(C)c2)CC1.CS(=O)(=O)O. The predicted octanol–water partition coefficient (Wildman–Crippen LogP) is 2.80. The molecule has 180 valence electrons. The van der Waals surface area contributed by atoms with Crippen LogP contribution in [0, 0.1) is 25.2 Å². The molecule has 0 aromatic heterocycles. The first kappa shape index (κ1) is 26.8. The molecule has 0 bridgehead atoms. The number of piperazine rings is 1. The Labute approximate surface area is 196 Å². The summed E-state index contributed by atoms with van der Waals surface area (Å²) in [5.41, 5.74) is 2.35. The van der Waals surface area contributed by atoms with Gasteiger partial charge in [0.05, 0.1) is 17.9 Å². The van der Waals surface area contributed by atoms with Gasteiger partial charge in [-0.1, -0.05) is 13.0 Å². The van der Waals surface area contributed by atoms with Crippen LogP contribution < -0.4 is 4.74 Å². The molecule has 2 aromatic carbocycles. The molecule has 9 nitrogen and oxygen atoms in total. The number of ether oxygens (including phenoxy) is 1. The van der Waals surface area contributed by atoms with Gasteiger partial charge in [0.1, 0.15) is 16.4 Å². The first-order chi connectivity index (χ1) is 15.3. The second kappa shape index (κ2) is 11.1. The summed E-state index contributed by atoms with van der Waals surface area (Å²) in [6, 6.07) is 12.3. The molecule has 0 unspecified atom stereocenters. The Balaban J connectivity index is 0.000000696. The Bertz CT molecular complexity index is 1200. The van der Waals surface area contributed by atoms with Gasteiger partial charge < -0.3 is 9.64 Å². The standard InChI is InChI=1S/C21H25N3O3S.CH4O3S/c1-4-23-7-9-24(10-8-23)28(25,26)21-14-18(15-22)5-6-20(21)27-19-12-16(2)11-17(3)13-19;1-5(2,3)4/h5-6,11-14H,4,7-10H2,1-3H3;1H3,(H,2,3,4). The molecule has 0 radical (unpaired) electrons. The first-order valence-corrected chi connectivity index (χ1v) is 13.6. The maximum absolute atomic E-state index is 13.3. The summed E-state index contributed by atoms with van der Waals surface area (Å²) in [6.45, 7) is 9.13. The molecule has 11 heteroatoms. The summed E-state index contributed by atoms with van der Waals surface area (Å²) in [4.78, 5) is 2.25. The molecule has 3 rings (SSSR count). The van der Waals surface area contributed by atoms with E-state index in [1.165, 1.54) is 10.4 Å². The summed E-state index contributed by atoms with van der Waals surface area (Å²) >= 11 is 0. The van der Waals surface area contributed by atoms with Gasteiger partial charge in [0.2, 0.25) is 10.0 Å². The Kier molecular flexibility index (Phi) is 8.99. The minimum absolute atomic E-state index is 0.0376. The number of nitriles is 1. The quantitative estimate of drug-likeness (QED) is 0.627. The normalized spacial score (nSPS) is 15.3. The van der Waals surface area contributed by atoms with Gasteiger partial charge in [-0.3, -0.25) is 4.55 Å². The highest BCUT2D eigenvalue weighted by atomic mass is 32.2. The largest absolute Gasteiger partial charge is 0.456 e. The molecule has 1 N–H and O–H groups in total. The summed E-state index contributed by atoms with van der Waals surface area (Å²) < 4.78 is 59.9. The number of sulfonamides is 1. The average molecular weight is 496 g/mol. The van der Waals surface area contributed by atoms with Gasteiger partial charge in [0, 0.05) is 26.2 Å². The van der Waals surface area contributed by atoms with Gasteiger partial charge in [-0.25, -0.2) is 8.42 Å². The summed E-state index contributed by atoms with van der Waals surface area (Å²) in [6.07, 6.45) is 0.715. The molecule has 0 saturated carbocycles. The molecule has 0 atom stereocenters. The second-order valence-electron chi connectivity index (χ2n) is 7.77. The van der Waals surface area contributed by atoms with Crippen LogP contribution in [0.4, 0.5) is 0 Å². The molecular formula is C22H29N3O6S2. The third kappa shape index (κ3) is 8.10. The highest BCUT2D eigenvalue weighted by molar-refractivity contribution is 7.89. The summed E-state index contributed by atoms with van der Waals surface area (Å²) in [7, 11) is -7.43. The van der Waals surface area contributed by atoms with E-state index in [9.17, 15) is 22.1 Å². The van der Waals surface area contributed by atoms with Crippen LogP contribution in [0.3, 0.4) is 0 Å². The van der Waals surface area contributed by atoms with Gasteiger partial charge in [-0.15, -0.1) is 0 Å². The van der Waals surface area contributed by atoms with Gasteiger partial charge in [0.15, 0.2) is 0 Å². The fourth-order valence-corrected chi connectivity index (χ4v) is 4.97. The summed E-state index contributed by atoms with van der Waals surface area (Å²) in [5, 5.41) is 9.25. The van der Waals surface area contributed by atoms with E-state index in [0.29, 0.717) is 43.7 Å². The average Bonchev–Trinajstić information content (AvgIpc) is 2.72. The van der Waals surface area contributed by atoms with E-state index in [0.717, 1.165) is 17.7 Å². The van der Waals surface area contributed by atoms with Crippen molar-refractivity contribution in [1.82, 2.24) is 9.21 Å². The van der Waals surface area contributed by atoms with Crippen molar-refractivity contribution in [3.63, 3.8) is 0 Å². The van der Waals surface area contributed by atoms with E-state index in [2.05, 4.69) is 11.8 Å². The smallest absolute Gasteiger partial charge is 0.261 e. The molecular weight excluding hydrogens is 466 g/mol. The van der Waals surface area contributed by atoms with E-state index < -0.39 is 20.1 Å². The van der Waals surface area contributed by atoms with Crippen LogP contribution in [0.1, 0.15) is 23.6 Å². The van der Waals surface area contributed by atoms with Crippen LogP contribution >= 0.6 is 0 Å². The predicted molar refractivity (Wildman–Crippen MR) is 125 cm³/mol. The number of aryl methyl sites for hydroxylation is 2. The Morgan fingerprint density at radius 2 is 1.55 bits per heavy atom. The number of likely N-dealkylation sites (N-methyl/N-ethyl adjacent to an activating group) is 1. The molecule has 2 aromatic rings. The third-order valence-corrected chi connectivity index (χ3v) is 6.81. The zero-order valence-corrected chi connectivity index (χ0v) is 20.8. The van der Waals surface area contributed by atoms with Crippen LogP contribution in [0.25, 0.3) is 0 Å². The molecule has 1 saturated heterocycles. The minimum atomic E-state index is -3.77. The van der Waals surface area contributed by atoms with Gasteiger partial charge >= 0.3 is 0 Å². The lowest BCUT2D eigenvalue weighted by molar-refractivity contribution is 0.196. The molecule has 1 aliphatic rings. The lowest BCUT2D eigenvalue weighted by Gasteiger charge is -2.33. The second-order valence-corrected chi connectivity index (χ2v) is 11.1. The van der Waals surface area contributed by atoms with Crippen molar-refractivity contribution >= 4 is 20.1 Å². The number of benzene rings is 2. The van der Waals surface area contributed by atoms with Crippen molar-refractivity contribution < 1.29 is 26.1 Å². The first-order valence-electron chi connectivity index (χ1n) is 10.3. The summed E-state index contributed by atoms with van der Waals surface area (Å²) in [5.74, 6) is 0.816.